The van der Waals surface area contributed by atoms with E-state index in [0.717, 1.165) is 24.7 Å². The summed E-state index contributed by atoms with van der Waals surface area (Å²) in [6.45, 7) is 2.12. The van der Waals surface area contributed by atoms with Gasteiger partial charge in [-0.1, -0.05) is 11.6 Å². The van der Waals surface area contributed by atoms with E-state index < -0.39 is 5.92 Å². The lowest BCUT2D eigenvalue weighted by atomic mass is 9.82. The van der Waals surface area contributed by atoms with E-state index >= 15 is 0 Å². The summed E-state index contributed by atoms with van der Waals surface area (Å²) in [5.74, 6) is -0.291. The summed E-state index contributed by atoms with van der Waals surface area (Å²) in [6, 6.07) is 12.5. The van der Waals surface area contributed by atoms with Crippen LogP contribution in [0.25, 0.3) is 0 Å². The zero-order valence-electron chi connectivity index (χ0n) is 16.3. The highest BCUT2D eigenvalue weighted by atomic mass is 19.1. The molecule has 1 fully saturated rings. The molecule has 2 aliphatic heterocycles. The number of allylic oxidation sites excluding steroid dienone is 1. The summed E-state index contributed by atoms with van der Waals surface area (Å²) in [7, 11) is 0. The van der Waals surface area contributed by atoms with Crippen molar-refractivity contribution in [2.24, 2.45) is 10.9 Å². The van der Waals surface area contributed by atoms with Gasteiger partial charge in [0.1, 0.15) is 11.7 Å². The van der Waals surface area contributed by atoms with Crippen LogP contribution in [-0.4, -0.2) is 25.2 Å². The predicted octanol–water partition coefficient (Wildman–Crippen LogP) is 5.20. The lowest BCUT2D eigenvalue weighted by molar-refractivity contribution is -0.115. The monoisotopic (exact) mass is 389 g/mol. The number of halogens is 1. The van der Waals surface area contributed by atoms with Crippen LogP contribution in [0.5, 0.6) is 0 Å². The minimum absolute atomic E-state index is 0.172. The fourth-order valence-electron chi connectivity index (χ4n) is 4.67. The number of piperidine rings is 1. The quantitative estimate of drug-likeness (QED) is 0.579. The van der Waals surface area contributed by atoms with Gasteiger partial charge in [0, 0.05) is 30.7 Å². The molecule has 3 aliphatic rings. The molecular formula is C24H24FN3O. The SMILES string of the molecule is O=C1Nc2ccc(F)cc2C1C=Nc1ccc(N2CCC3CCCC=C3C2)cc1. The van der Waals surface area contributed by atoms with E-state index in [9.17, 15) is 9.18 Å². The molecule has 1 saturated heterocycles. The minimum Gasteiger partial charge on any atom is -0.368 e. The molecule has 0 spiro atoms. The Labute approximate surface area is 170 Å². The number of nitrogens with zero attached hydrogens (tertiary/aromatic N) is 2. The van der Waals surface area contributed by atoms with Gasteiger partial charge in [0.25, 0.3) is 0 Å². The summed E-state index contributed by atoms with van der Waals surface area (Å²) in [4.78, 5) is 19.1. The summed E-state index contributed by atoms with van der Waals surface area (Å²) in [5.41, 5.74) is 4.89. The molecule has 2 aromatic carbocycles. The van der Waals surface area contributed by atoms with Crippen molar-refractivity contribution in [2.75, 3.05) is 23.3 Å². The van der Waals surface area contributed by atoms with E-state index in [1.165, 1.54) is 43.5 Å². The van der Waals surface area contributed by atoms with Gasteiger partial charge in [-0.3, -0.25) is 9.79 Å². The fourth-order valence-corrected chi connectivity index (χ4v) is 4.67. The van der Waals surface area contributed by atoms with E-state index in [0.29, 0.717) is 11.3 Å². The number of benzene rings is 2. The topological polar surface area (TPSA) is 44.7 Å². The Kier molecular flexibility index (Phi) is 4.66. The van der Waals surface area contributed by atoms with Crippen LogP contribution in [0, 0.1) is 11.7 Å². The molecule has 2 aromatic rings. The molecule has 4 nitrogen and oxygen atoms in total. The molecule has 0 saturated carbocycles. The van der Waals surface area contributed by atoms with Gasteiger partial charge in [-0.2, -0.15) is 0 Å². The Hall–Kier alpha value is -2.95. The van der Waals surface area contributed by atoms with Crippen LogP contribution >= 0.6 is 0 Å². The zero-order valence-corrected chi connectivity index (χ0v) is 16.3. The van der Waals surface area contributed by atoms with Gasteiger partial charge in [0.15, 0.2) is 0 Å². The number of hydrogen-bond acceptors (Lipinski definition) is 3. The van der Waals surface area contributed by atoms with Crippen LogP contribution in [0.4, 0.5) is 21.5 Å². The summed E-state index contributed by atoms with van der Waals surface area (Å²) in [5, 5.41) is 2.78. The Bertz CT molecular complexity index is 996. The Balaban J connectivity index is 1.30. The van der Waals surface area contributed by atoms with Crippen LogP contribution in [0.2, 0.25) is 0 Å². The number of hydrogen-bond donors (Lipinski definition) is 1. The van der Waals surface area contributed by atoms with Gasteiger partial charge in [-0.25, -0.2) is 4.39 Å². The van der Waals surface area contributed by atoms with Crippen LogP contribution in [0.1, 0.15) is 37.2 Å². The van der Waals surface area contributed by atoms with Crippen molar-refractivity contribution in [1.82, 2.24) is 0 Å². The standard InChI is InChI=1S/C24H24FN3O/c25-18-5-10-23-21(13-18)22(24(29)27-23)14-26-19-6-8-20(9-7-19)28-12-11-16-3-1-2-4-17(16)15-28/h4-10,13-14,16,22H,1-3,11-12,15H2,(H,27,29). The second kappa shape index (κ2) is 7.47. The molecule has 2 heterocycles. The number of rotatable bonds is 3. The van der Waals surface area contributed by atoms with Gasteiger partial charge in [0.2, 0.25) is 5.91 Å². The highest BCUT2D eigenvalue weighted by Crippen LogP contribution is 2.35. The van der Waals surface area contributed by atoms with E-state index in [2.05, 4.69) is 33.4 Å². The maximum atomic E-state index is 13.6. The van der Waals surface area contributed by atoms with Gasteiger partial charge >= 0.3 is 0 Å². The van der Waals surface area contributed by atoms with Crippen LogP contribution < -0.4 is 10.2 Å². The van der Waals surface area contributed by atoms with Gasteiger partial charge in [-0.15, -0.1) is 0 Å². The molecule has 2 atom stereocenters. The third-order valence-electron chi connectivity index (χ3n) is 6.29. The number of nitrogens with one attached hydrogen (secondary N) is 1. The maximum Gasteiger partial charge on any atom is 0.237 e. The Morgan fingerprint density at radius 3 is 2.86 bits per heavy atom. The number of aliphatic imine (C=N–C) groups is 1. The van der Waals surface area contributed by atoms with Crippen molar-refractivity contribution in [2.45, 2.75) is 31.6 Å². The molecule has 0 radical (unpaired) electrons. The average molecular weight is 389 g/mol. The average Bonchev–Trinajstić information content (AvgIpc) is 3.06. The van der Waals surface area contributed by atoms with Crippen LogP contribution in [-0.2, 0) is 4.79 Å². The smallest absolute Gasteiger partial charge is 0.237 e. The number of fused-ring (bicyclic) bond motifs is 2. The highest BCUT2D eigenvalue weighted by molar-refractivity contribution is 6.12. The molecule has 1 N–H and O–H groups in total. The van der Waals surface area contributed by atoms with Crippen molar-refractivity contribution in [3.8, 4) is 0 Å². The highest BCUT2D eigenvalue weighted by Gasteiger charge is 2.29. The first-order valence-electron chi connectivity index (χ1n) is 10.4. The first-order chi connectivity index (χ1) is 14.2. The van der Waals surface area contributed by atoms with Crippen molar-refractivity contribution < 1.29 is 9.18 Å². The minimum atomic E-state index is -0.558. The van der Waals surface area contributed by atoms with E-state index in [1.54, 1.807) is 17.9 Å². The summed E-state index contributed by atoms with van der Waals surface area (Å²) in [6.07, 6.45) is 9.17. The Morgan fingerprint density at radius 1 is 1.14 bits per heavy atom. The molecule has 2 unspecified atom stereocenters. The Morgan fingerprint density at radius 2 is 2.00 bits per heavy atom. The second-order valence-electron chi connectivity index (χ2n) is 8.11. The molecule has 5 rings (SSSR count). The number of anilines is 2. The van der Waals surface area contributed by atoms with E-state index in [1.807, 2.05) is 12.1 Å². The van der Waals surface area contributed by atoms with Crippen molar-refractivity contribution in [3.05, 3.63) is 65.5 Å². The number of amides is 1. The largest absolute Gasteiger partial charge is 0.368 e. The lowest BCUT2D eigenvalue weighted by Gasteiger charge is -2.37. The molecule has 148 valence electrons. The molecule has 5 heteroatoms. The van der Waals surface area contributed by atoms with E-state index in [-0.39, 0.29) is 11.7 Å². The molecule has 0 bridgehead atoms. The van der Waals surface area contributed by atoms with Crippen LogP contribution in [0.15, 0.2) is 59.1 Å². The van der Waals surface area contributed by atoms with Crippen molar-refractivity contribution >= 4 is 29.2 Å². The van der Waals surface area contributed by atoms with Crippen LogP contribution in [0.3, 0.4) is 0 Å². The molecule has 29 heavy (non-hydrogen) atoms. The van der Waals surface area contributed by atoms with Crippen molar-refractivity contribution in [3.63, 3.8) is 0 Å². The van der Waals surface area contributed by atoms with Crippen molar-refractivity contribution in [1.29, 1.82) is 0 Å². The van der Waals surface area contributed by atoms with Gasteiger partial charge in [-0.05, 0) is 79.6 Å². The third kappa shape index (κ3) is 3.57. The first kappa shape index (κ1) is 18.1. The lowest BCUT2D eigenvalue weighted by Crippen LogP contribution is -2.36. The second-order valence-corrected chi connectivity index (χ2v) is 8.11. The van der Waals surface area contributed by atoms with E-state index in [4.69, 9.17) is 0 Å². The zero-order chi connectivity index (χ0) is 19.8. The fraction of sp³-hybridized carbons (Fsp3) is 0.333. The van der Waals surface area contributed by atoms with Gasteiger partial charge < -0.3 is 10.2 Å². The molecule has 0 aromatic heterocycles. The number of carbonyl (C=O) groups is 1. The molecule has 1 amide bonds. The number of carbonyl (C=O) groups excluding carboxylic acids is 1. The molecular weight excluding hydrogens is 365 g/mol. The summed E-state index contributed by atoms with van der Waals surface area (Å²) >= 11 is 0. The predicted molar refractivity (Wildman–Crippen MR) is 115 cm³/mol. The van der Waals surface area contributed by atoms with Gasteiger partial charge in [0.05, 0.1) is 5.69 Å². The normalized spacial score (nSPS) is 23.6. The summed E-state index contributed by atoms with van der Waals surface area (Å²) < 4.78 is 13.6. The maximum absolute atomic E-state index is 13.6. The molecule has 1 aliphatic carbocycles. The third-order valence-corrected chi connectivity index (χ3v) is 6.29. The first-order valence-corrected chi connectivity index (χ1v) is 10.4.